The zero-order chi connectivity index (χ0) is 22.9. The normalized spacial score (nSPS) is 21.7. The van der Waals surface area contributed by atoms with Gasteiger partial charge in [-0.15, -0.1) is 0 Å². The first-order chi connectivity index (χ1) is 15.3. The Morgan fingerprint density at radius 3 is 2.75 bits per heavy atom. The molecular formula is C24H27N3O5. The minimum atomic E-state index is -1.20. The van der Waals surface area contributed by atoms with Gasteiger partial charge in [-0.1, -0.05) is 30.3 Å². The molecule has 0 unspecified atom stereocenters. The molecule has 0 saturated carbocycles. The van der Waals surface area contributed by atoms with Gasteiger partial charge in [0.2, 0.25) is 5.91 Å². The van der Waals surface area contributed by atoms with Gasteiger partial charge in [0.25, 0.3) is 5.91 Å². The van der Waals surface area contributed by atoms with Gasteiger partial charge >= 0.3 is 6.03 Å². The molecule has 4 amide bonds. The number of nitrogens with zero attached hydrogens (tertiary/aromatic N) is 1. The Labute approximate surface area is 186 Å². The van der Waals surface area contributed by atoms with Crippen molar-refractivity contribution in [2.24, 2.45) is 0 Å². The quantitative estimate of drug-likeness (QED) is 0.649. The van der Waals surface area contributed by atoms with Crippen molar-refractivity contribution in [3.05, 3.63) is 59.2 Å². The maximum atomic E-state index is 13.0. The molecule has 1 fully saturated rings. The van der Waals surface area contributed by atoms with Crippen LogP contribution in [0.3, 0.4) is 0 Å². The number of nitrogens with one attached hydrogen (secondary N) is 2. The Morgan fingerprint density at radius 1 is 1.28 bits per heavy atom. The SMILES string of the molecule is CCOc1cc2c(cc1CNC(=O)CN1C(=O)N[C@](C)(c3ccccc3)C1=O)O[C@@H](C)C2. The predicted molar refractivity (Wildman–Crippen MR) is 117 cm³/mol. The summed E-state index contributed by atoms with van der Waals surface area (Å²) in [5.74, 6) is 0.579. The number of carbonyl (C=O) groups excluding carboxylic acids is 3. The van der Waals surface area contributed by atoms with Gasteiger partial charge in [-0.2, -0.15) is 0 Å². The molecule has 2 aromatic carbocycles. The summed E-state index contributed by atoms with van der Waals surface area (Å²) in [7, 11) is 0. The van der Waals surface area contributed by atoms with E-state index in [1.807, 2.05) is 32.0 Å². The molecule has 0 aromatic heterocycles. The number of benzene rings is 2. The van der Waals surface area contributed by atoms with Crippen molar-refractivity contribution < 1.29 is 23.9 Å². The number of rotatable bonds is 7. The van der Waals surface area contributed by atoms with Gasteiger partial charge in [0.05, 0.1) is 6.61 Å². The first kappa shape index (κ1) is 21.7. The third-order valence-electron chi connectivity index (χ3n) is 5.78. The lowest BCUT2D eigenvalue weighted by atomic mass is 9.92. The molecule has 32 heavy (non-hydrogen) atoms. The highest BCUT2D eigenvalue weighted by atomic mass is 16.5. The zero-order valence-electron chi connectivity index (χ0n) is 18.4. The van der Waals surface area contributed by atoms with Gasteiger partial charge in [0.1, 0.15) is 29.7 Å². The molecule has 168 valence electrons. The van der Waals surface area contributed by atoms with Gasteiger partial charge in [0.15, 0.2) is 0 Å². The molecule has 8 heteroatoms. The van der Waals surface area contributed by atoms with Crippen LogP contribution in [-0.4, -0.2) is 42.0 Å². The van der Waals surface area contributed by atoms with Crippen LogP contribution in [-0.2, 0) is 28.1 Å². The van der Waals surface area contributed by atoms with E-state index < -0.39 is 23.4 Å². The zero-order valence-corrected chi connectivity index (χ0v) is 18.4. The Hall–Kier alpha value is -3.55. The van der Waals surface area contributed by atoms with Crippen LogP contribution in [0, 0.1) is 0 Å². The molecule has 0 radical (unpaired) electrons. The molecule has 0 aliphatic carbocycles. The van der Waals surface area contributed by atoms with Gasteiger partial charge in [0, 0.05) is 24.1 Å². The van der Waals surface area contributed by atoms with Gasteiger partial charge in [-0.05, 0) is 38.5 Å². The monoisotopic (exact) mass is 437 g/mol. The highest BCUT2D eigenvalue weighted by molar-refractivity contribution is 6.09. The van der Waals surface area contributed by atoms with Crippen LogP contribution < -0.4 is 20.1 Å². The Morgan fingerprint density at radius 2 is 2.03 bits per heavy atom. The van der Waals surface area contributed by atoms with Crippen molar-refractivity contribution in [1.29, 1.82) is 0 Å². The number of hydrogen-bond donors (Lipinski definition) is 2. The van der Waals surface area contributed by atoms with Gasteiger partial charge < -0.3 is 20.1 Å². The Balaban J connectivity index is 1.43. The van der Waals surface area contributed by atoms with Crippen molar-refractivity contribution in [3.63, 3.8) is 0 Å². The molecule has 2 aliphatic rings. The summed E-state index contributed by atoms with van der Waals surface area (Å²) >= 11 is 0. The minimum Gasteiger partial charge on any atom is -0.494 e. The van der Waals surface area contributed by atoms with E-state index in [-0.39, 0.29) is 19.2 Å². The van der Waals surface area contributed by atoms with Crippen LogP contribution in [0.15, 0.2) is 42.5 Å². The molecular weight excluding hydrogens is 410 g/mol. The van der Waals surface area contributed by atoms with E-state index in [4.69, 9.17) is 9.47 Å². The summed E-state index contributed by atoms with van der Waals surface area (Å²) in [6.07, 6.45) is 0.914. The van der Waals surface area contributed by atoms with Crippen LogP contribution in [0.25, 0.3) is 0 Å². The van der Waals surface area contributed by atoms with E-state index >= 15 is 0 Å². The summed E-state index contributed by atoms with van der Waals surface area (Å²) < 4.78 is 11.6. The second-order valence-corrected chi connectivity index (χ2v) is 8.22. The molecule has 0 spiro atoms. The van der Waals surface area contributed by atoms with Crippen LogP contribution in [0.1, 0.15) is 37.5 Å². The van der Waals surface area contributed by atoms with E-state index in [0.717, 1.165) is 28.2 Å². The Kier molecular flexibility index (Phi) is 5.78. The van der Waals surface area contributed by atoms with Crippen molar-refractivity contribution in [2.45, 2.75) is 45.4 Å². The highest BCUT2D eigenvalue weighted by Gasteiger charge is 2.49. The number of amides is 4. The van der Waals surface area contributed by atoms with Crippen LogP contribution in [0.5, 0.6) is 11.5 Å². The summed E-state index contributed by atoms with van der Waals surface area (Å²) in [6.45, 7) is 5.87. The largest absolute Gasteiger partial charge is 0.494 e. The topological polar surface area (TPSA) is 97.0 Å². The number of hydrogen-bond acceptors (Lipinski definition) is 5. The lowest BCUT2D eigenvalue weighted by molar-refractivity contribution is -0.134. The van der Waals surface area contributed by atoms with E-state index in [0.29, 0.717) is 17.9 Å². The second-order valence-electron chi connectivity index (χ2n) is 8.22. The van der Waals surface area contributed by atoms with E-state index in [9.17, 15) is 14.4 Å². The fourth-order valence-corrected chi connectivity index (χ4v) is 4.11. The minimum absolute atomic E-state index is 0.0999. The van der Waals surface area contributed by atoms with Gasteiger partial charge in [-0.3, -0.25) is 14.5 Å². The molecule has 4 rings (SSSR count). The molecule has 2 aromatic rings. The van der Waals surface area contributed by atoms with Crippen LogP contribution in [0.2, 0.25) is 0 Å². The van der Waals surface area contributed by atoms with Crippen molar-refractivity contribution in [2.75, 3.05) is 13.2 Å². The standard InChI is InChI=1S/C24H27N3O5/c1-4-31-19-11-16-10-15(2)32-20(16)12-17(19)13-25-21(28)14-27-22(29)24(3,26-23(27)30)18-8-6-5-7-9-18/h5-9,11-12,15H,4,10,13-14H2,1-3H3,(H,25,28)(H,26,30)/t15-,24+/m0/s1. The average Bonchev–Trinajstić information content (AvgIpc) is 3.24. The molecule has 2 N–H and O–H groups in total. The summed E-state index contributed by atoms with van der Waals surface area (Å²) in [6, 6.07) is 12.2. The molecule has 1 saturated heterocycles. The van der Waals surface area contributed by atoms with Crippen molar-refractivity contribution in [1.82, 2.24) is 15.5 Å². The second kappa shape index (κ2) is 8.53. The number of carbonyl (C=O) groups is 3. The molecule has 2 aliphatic heterocycles. The highest BCUT2D eigenvalue weighted by Crippen LogP contribution is 2.35. The van der Waals surface area contributed by atoms with Crippen molar-refractivity contribution >= 4 is 17.8 Å². The molecule has 0 bridgehead atoms. The summed E-state index contributed by atoms with van der Waals surface area (Å²) in [5.41, 5.74) is 1.32. The smallest absolute Gasteiger partial charge is 0.325 e. The molecule has 8 nitrogen and oxygen atoms in total. The maximum Gasteiger partial charge on any atom is 0.325 e. The third-order valence-corrected chi connectivity index (χ3v) is 5.78. The average molecular weight is 437 g/mol. The number of urea groups is 1. The number of ether oxygens (including phenoxy) is 2. The van der Waals surface area contributed by atoms with E-state index in [1.54, 1.807) is 31.2 Å². The lowest BCUT2D eigenvalue weighted by Gasteiger charge is -2.22. The third kappa shape index (κ3) is 4.00. The van der Waals surface area contributed by atoms with E-state index in [1.165, 1.54) is 0 Å². The van der Waals surface area contributed by atoms with E-state index in [2.05, 4.69) is 10.6 Å². The summed E-state index contributed by atoms with van der Waals surface area (Å²) in [4.78, 5) is 39.0. The van der Waals surface area contributed by atoms with Crippen LogP contribution >= 0.6 is 0 Å². The first-order valence-electron chi connectivity index (χ1n) is 10.7. The van der Waals surface area contributed by atoms with Crippen LogP contribution in [0.4, 0.5) is 4.79 Å². The fraction of sp³-hybridized carbons (Fsp3) is 0.375. The molecule has 2 heterocycles. The van der Waals surface area contributed by atoms with Crippen molar-refractivity contribution in [3.8, 4) is 11.5 Å². The number of fused-ring (bicyclic) bond motifs is 1. The number of imide groups is 1. The maximum absolute atomic E-state index is 13.0. The fourth-order valence-electron chi connectivity index (χ4n) is 4.11. The summed E-state index contributed by atoms with van der Waals surface area (Å²) in [5, 5.41) is 5.49. The Bertz CT molecular complexity index is 1060. The lowest BCUT2D eigenvalue weighted by Crippen LogP contribution is -2.43. The predicted octanol–water partition coefficient (Wildman–Crippen LogP) is 2.49. The molecule has 2 atom stereocenters. The van der Waals surface area contributed by atoms with Gasteiger partial charge in [-0.25, -0.2) is 4.79 Å². The first-order valence-corrected chi connectivity index (χ1v) is 10.7.